The van der Waals surface area contributed by atoms with Gasteiger partial charge in [-0.05, 0) is 68.1 Å². The summed E-state index contributed by atoms with van der Waals surface area (Å²) >= 11 is 0. The van der Waals surface area contributed by atoms with E-state index in [0.29, 0.717) is 18.0 Å². The van der Waals surface area contributed by atoms with Crippen LogP contribution in [0.5, 0.6) is 0 Å². The number of hydrogen-bond acceptors (Lipinski definition) is 4. The summed E-state index contributed by atoms with van der Waals surface area (Å²) < 4.78 is 56.0. The highest BCUT2D eigenvalue weighted by Crippen LogP contribution is 2.38. The smallest absolute Gasteiger partial charge is 0.391 e. The van der Waals surface area contributed by atoms with E-state index in [0.717, 1.165) is 44.6 Å². The molecule has 0 saturated carbocycles. The van der Waals surface area contributed by atoms with E-state index in [2.05, 4.69) is 34.7 Å². The van der Waals surface area contributed by atoms with Crippen molar-refractivity contribution in [1.29, 1.82) is 0 Å². The van der Waals surface area contributed by atoms with Gasteiger partial charge in [-0.1, -0.05) is 42.5 Å². The van der Waals surface area contributed by atoms with Crippen molar-refractivity contribution < 1.29 is 27.5 Å². The van der Waals surface area contributed by atoms with E-state index in [4.69, 9.17) is 5.10 Å². The van der Waals surface area contributed by atoms with Gasteiger partial charge < -0.3 is 10.0 Å². The van der Waals surface area contributed by atoms with Crippen LogP contribution in [0.2, 0.25) is 0 Å². The van der Waals surface area contributed by atoms with Gasteiger partial charge in [-0.3, -0.25) is 14.4 Å². The first-order valence-electron chi connectivity index (χ1n) is 14.7. The first-order valence-corrected chi connectivity index (χ1v) is 14.7. The molecule has 2 saturated heterocycles. The molecule has 0 aliphatic carbocycles. The van der Waals surface area contributed by atoms with Crippen LogP contribution in [0.15, 0.2) is 60.7 Å². The fourth-order valence-electron chi connectivity index (χ4n) is 6.75. The van der Waals surface area contributed by atoms with Crippen molar-refractivity contribution in [3.8, 4) is 0 Å². The number of likely N-dealkylation sites (tertiary alicyclic amines) is 2. The fourth-order valence-corrected chi connectivity index (χ4v) is 6.75. The predicted octanol–water partition coefficient (Wildman–Crippen LogP) is 5.93. The van der Waals surface area contributed by atoms with Crippen LogP contribution in [0.3, 0.4) is 0 Å². The molecule has 5 rings (SSSR count). The van der Waals surface area contributed by atoms with E-state index in [-0.39, 0.29) is 24.9 Å². The Balaban J connectivity index is 1.26. The van der Waals surface area contributed by atoms with Crippen LogP contribution in [-0.4, -0.2) is 75.6 Å². The molecule has 0 bridgehead atoms. The number of aromatic nitrogens is 2. The minimum Gasteiger partial charge on any atom is -0.480 e. The summed E-state index contributed by atoms with van der Waals surface area (Å²) in [5.41, 5.74) is 4.21. The van der Waals surface area contributed by atoms with Crippen molar-refractivity contribution in [2.45, 2.75) is 63.2 Å². The maximum Gasteiger partial charge on any atom is 0.391 e. The average Bonchev–Trinajstić information content (AvgIpc) is 3.56. The van der Waals surface area contributed by atoms with Gasteiger partial charge in [0, 0.05) is 50.1 Å². The summed E-state index contributed by atoms with van der Waals surface area (Å²) in [5, 5.41) is 14.5. The number of carbonyl (C=O) groups is 1. The molecular weight excluding hydrogens is 548 g/mol. The number of rotatable bonds is 10. The molecule has 42 heavy (non-hydrogen) atoms. The van der Waals surface area contributed by atoms with Crippen LogP contribution in [0.1, 0.15) is 60.5 Å². The molecule has 3 unspecified atom stereocenters. The Kier molecular flexibility index (Phi) is 9.32. The molecule has 2 aliphatic rings. The summed E-state index contributed by atoms with van der Waals surface area (Å²) in [6, 6.07) is 17.0. The van der Waals surface area contributed by atoms with Crippen molar-refractivity contribution in [2.24, 2.45) is 5.92 Å². The summed E-state index contributed by atoms with van der Waals surface area (Å²) in [7, 11) is 0. The highest BCUT2D eigenvalue weighted by Gasteiger charge is 2.44. The Bertz CT molecular complexity index is 1340. The minimum atomic E-state index is -4.59. The van der Waals surface area contributed by atoms with Crippen LogP contribution in [0, 0.1) is 11.7 Å². The lowest BCUT2D eigenvalue weighted by Gasteiger charge is -2.35. The number of benzene rings is 2. The number of carboxylic acids is 1. The van der Waals surface area contributed by atoms with E-state index >= 15 is 0 Å². The molecule has 6 nitrogen and oxygen atoms in total. The molecular formula is C32H38F4N4O2. The SMILES string of the molecule is CCn1nc(Cc2ccccc2)cc1C1CCN(CC2CN(C(CC(F)(F)F)C(=O)O)CC2c2cccc(F)c2)CC1. The van der Waals surface area contributed by atoms with Gasteiger partial charge in [0.25, 0.3) is 0 Å². The Morgan fingerprint density at radius 3 is 2.43 bits per heavy atom. The third-order valence-corrected chi connectivity index (χ3v) is 8.78. The van der Waals surface area contributed by atoms with Crippen molar-refractivity contribution in [3.63, 3.8) is 0 Å². The molecule has 0 radical (unpaired) electrons. The van der Waals surface area contributed by atoms with Gasteiger partial charge in [0.05, 0.1) is 12.1 Å². The number of halogens is 4. The largest absolute Gasteiger partial charge is 0.480 e. The molecule has 1 aromatic heterocycles. The zero-order valence-electron chi connectivity index (χ0n) is 23.8. The third kappa shape index (κ3) is 7.39. The predicted molar refractivity (Wildman–Crippen MR) is 152 cm³/mol. The molecule has 1 N–H and O–H groups in total. The molecule has 3 heterocycles. The zero-order valence-corrected chi connectivity index (χ0v) is 23.8. The number of nitrogens with zero attached hydrogens (tertiary/aromatic N) is 4. The maximum absolute atomic E-state index is 14.1. The molecule has 2 aliphatic heterocycles. The number of alkyl halides is 3. The minimum absolute atomic E-state index is 0.114. The van der Waals surface area contributed by atoms with Crippen molar-refractivity contribution >= 4 is 5.97 Å². The lowest BCUT2D eigenvalue weighted by Crippen LogP contribution is -2.43. The Hall–Kier alpha value is -3.24. The molecule has 226 valence electrons. The fraction of sp³-hybridized carbons (Fsp3) is 0.500. The van der Waals surface area contributed by atoms with E-state index in [1.165, 1.54) is 28.3 Å². The number of hydrogen-bond donors (Lipinski definition) is 1. The summed E-state index contributed by atoms with van der Waals surface area (Å²) in [5.74, 6) is -1.89. The second-order valence-corrected chi connectivity index (χ2v) is 11.7. The lowest BCUT2D eigenvalue weighted by molar-refractivity contribution is -0.165. The van der Waals surface area contributed by atoms with Crippen LogP contribution in [-0.2, 0) is 17.8 Å². The van der Waals surface area contributed by atoms with E-state index in [1.54, 1.807) is 12.1 Å². The second kappa shape index (κ2) is 13.0. The van der Waals surface area contributed by atoms with E-state index in [9.17, 15) is 27.5 Å². The lowest BCUT2D eigenvalue weighted by atomic mass is 9.87. The zero-order chi connectivity index (χ0) is 29.9. The number of piperidine rings is 1. The third-order valence-electron chi connectivity index (χ3n) is 8.78. The quantitative estimate of drug-likeness (QED) is 0.299. The molecule has 2 fully saturated rings. The Morgan fingerprint density at radius 2 is 1.79 bits per heavy atom. The van der Waals surface area contributed by atoms with Crippen molar-refractivity contribution in [1.82, 2.24) is 19.6 Å². The van der Waals surface area contributed by atoms with Crippen LogP contribution >= 0.6 is 0 Å². The van der Waals surface area contributed by atoms with Gasteiger partial charge in [0.15, 0.2) is 0 Å². The molecule has 0 spiro atoms. The first kappa shape index (κ1) is 30.2. The molecule has 10 heteroatoms. The number of aliphatic carboxylic acids is 1. The molecule has 3 atom stereocenters. The highest BCUT2D eigenvalue weighted by atomic mass is 19.4. The maximum atomic E-state index is 14.1. The Labute approximate surface area is 243 Å². The molecule has 0 amide bonds. The van der Waals surface area contributed by atoms with Gasteiger partial charge >= 0.3 is 12.1 Å². The van der Waals surface area contributed by atoms with Crippen LogP contribution < -0.4 is 0 Å². The summed E-state index contributed by atoms with van der Waals surface area (Å²) in [6.45, 7) is 5.53. The van der Waals surface area contributed by atoms with Gasteiger partial charge in [0.2, 0.25) is 0 Å². The first-order chi connectivity index (χ1) is 20.1. The Morgan fingerprint density at radius 1 is 1.05 bits per heavy atom. The summed E-state index contributed by atoms with van der Waals surface area (Å²) in [4.78, 5) is 15.6. The van der Waals surface area contributed by atoms with Crippen molar-refractivity contribution in [2.75, 3.05) is 32.7 Å². The standard InChI is InChI=1S/C32H38F4N4O2/c1-2-40-29(17-27(37-40)15-22-7-4-3-5-8-22)23-11-13-38(14-12-23)19-25-20-39(30(31(41)42)18-32(34,35)36)21-28(25)24-9-6-10-26(33)16-24/h3-10,16-17,23,25,28,30H,2,11-15,18-21H2,1H3,(H,41,42). The molecule has 3 aromatic rings. The van der Waals surface area contributed by atoms with Crippen LogP contribution in [0.25, 0.3) is 0 Å². The highest BCUT2D eigenvalue weighted by molar-refractivity contribution is 5.73. The van der Waals surface area contributed by atoms with Crippen LogP contribution in [0.4, 0.5) is 17.6 Å². The van der Waals surface area contributed by atoms with Gasteiger partial charge in [-0.15, -0.1) is 0 Å². The van der Waals surface area contributed by atoms with Gasteiger partial charge in [0.1, 0.15) is 11.9 Å². The number of carboxylic acid groups (broad SMARTS) is 1. The van der Waals surface area contributed by atoms with Crippen molar-refractivity contribution in [3.05, 3.63) is 89.0 Å². The average molecular weight is 587 g/mol. The van der Waals surface area contributed by atoms with E-state index in [1.807, 2.05) is 18.2 Å². The normalized spacial score (nSPS) is 21.5. The van der Waals surface area contributed by atoms with Gasteiger partial charge in [-0.2, -0.15) is 18.3 Å². The second-order valence-electron chi connectivity index (χ2n) is 11.7. The molecule has 2 aromatic carbocycles. The topological polar surface area (TPSA) is 61.6 Å². The monoisotopic (exact) mass is 586 g/mol. The van der Waals surface area contributed by atoms with E-state index < -0.39 is 30.4 Å². The number of aryl methyl sites for hydroxylation is 1. The summed E-state index contributed by atoms with van der Waals surface area (Å²) in [6.07, 6.45) is -3.35. The van der Waals surface area contributed by atoms with Gasteiger partial charge in [-0.25, -0.2) is 4.39 Å².